The minimum Gasteiger partial charge on any atom is -0.495 e. The molecule has 2 aliphatic rings. The van der Waals surface area contributed by atoms with E-state index in [1.165, 1.54) is 0 Å². The first-order valence-corrected chi connectivity index (χ1v) is 12.9. The summed E-state index contributed by atoms with van der Waals surface area (Å²) in [7, 11) is 1.57. The molecule has 10 nitrogen and oxygen atoms in total. The highest BCUT2D eigenvalue weighted by atomic mass is 32.2. The van der Waals surface area contributed by atoms with E-state index < -0.39 is 24.2 Å². The number of amides is 1. The average Bonchev–Trinajstić information content (AvgIpc) is 2.92. The SMILES string of the molecule is COc1cnc2cccc(C(O)C[C@@H]3CC[C@@H](NC(=O)c4ccc5c(n4)SC(=O)CN5)[C@@H](CO)O3)c2c1. The number of benzene rings is 1. The zero-order valence-corrected chi connectivity index (χ0v) is 21.0. The topological polar surface area (TPSA) is 143 Å². The molecule has 4 atom stereocenters. The van der Waals surface area contributed by atoms with E-state index >= 15 is 0 Å². The maximum atomic E-state index is 12.9. The average molecular weight is 525 g/mol. The highest BCUT2D eigenvalue weighted by molar-refractivity contribution is 8.13. The molecule has 0 spiro atoms. The first-order chi connectivity index (χ1) is 17.9. The molecule has 37 heavy (non-hydrogen) atoms. The third-order valence-corrected chi connectivity index (χ3v) is 7.53. The first kappa shape index (κ1) is 25.4. The summed E-state index contributed by atoms with van der Waals surface area (Å²) in [5, 5.41) is 28.1. The van der Waals surface area contributed by atoms with Crippen LogP contribution in [0.15, 0.2) is 47.6 Å². The summed E-state index contributed by atoms with van der Waals surface area (Å²) in [6.45, 7) is -0.0528. The fraction of sp³-hybridized carbons (Fsp3) is 0.385. The highest BCUT2D eigenvalue weighted by Crippen LogP contribution is 2.33. The number of methoxy groups -OCH3 is 1. The van der Waals surface area contributed by atoms with Crippen molar-refractivity contribution in [2.45, 2.75) is 48.6 Å². The van der Waals surface area contributed by atoms with E-state index in [2.05, 4.69) is 20.6 Å². The van der Waals surface area contributed by atoms with Crippen LogP contribution < -0.4 is 15.4 Å². The molecule has 1 amide bonds. The molecule has 0 bridgehead atoms. The first-order valence-electron chi connectivity index (χ1n) is 12.1. The number of thioether (sulfide) groups is 1. The molecule has 194 valence electrons. The molecule has 2 aliphatic heterocycles. The summed E-state index contributed by atoms with van der Waals surface area (Å²) in [5.74, 6) is 0.207. The van der Waals surface area contributed by atoms with E-state index in [1.54, 1.807) is 25.4 Å². The summed E-state index contributed by atoms with van der Waals surface area (Å²) in [6, 6.07) is 10.4. The Morgan fingerprint density at radius 1 is 1.32 bits per heavy atom. The number of fused-ring (bicyclic) bond motifs is 2. The van der Waals surface area contributed by atoms with Crippen LogP contribution in [-0.2, 0) is 9.53 Å². The quantitative estimate of drug-likeness (QED) is 0.364. The third kappa shape index (κ3) is 5.54. The zero-order chi connectivity index (χ0) is 25.9. The van der Waals surface area contributed by atoms with Crippen LogP contribution in [-0.4, -0.2) is 69.7 Å². The second-order valence-corrected chi connectivity index (χ2v) is 10.1. The van der Waals surface area contributed by atoms with Gasteiger partial charge in [0.25, 0.3) is 5.91 Å². The van der Waals surface area contributed by atoms with Crippen molar-refractivity contribution in [3.05, 3.63) is 53.9 Å². The molecular weight excluding hydrogens is 496 g/mol. The van der Waals surface area contributed by atoms with Gasteiger partial charge < -0.3 is 30.3 Å². The van der Waals surface area contributed by atoms with Gasteiger partial charge in [-0.3, -0.25) is 14.6 Å². The van der Waals surface area contributed by atoms with Crippen molar-refractivity contribution in [1.29, 1.82) is 0 Å². The van der Waals surface area contributed by atoms with Gasteiger partial charge in [0.1, 0.15) is 22.6 Å². The predicted octanol–water partition coefficient (Wildman–Crippen LogP) is 2.44. The van der Waals surface area contributed by atoms with Crippen LogP contribution in [0.1, 0.15) is 41.4 Å². The van der Waals surface area contributed by atoms with Crippen LogP contribution in [0.5, 0.6) is 5.75 Å². The van der Waals surface area contributed by atoms with Gasteiger partial charge in [-0.15, -0.1) is 0 Å². The van der Waals surface area contributed by atoms with Gasteiger partial charge in [0.15, 0.2) is 0 Å². The van der Waals surface area contributed by atoms with Gasteiger partial charge in [0, 0.05) is 11.8 Å². The highest BCUT2D eigenvalue weighted by Gasteiger charge is 2.34. The minimum atomic E-state index is -0.804. The summed E-state index contributed by atoms with van der Waals surface area (Å²) in [5.41, 5.74) is 2.40. The molecule has 1 fully saturated rings. The van der Waals surface area contributed by atoms with Crippen molar-refractivity contribution < 1.29 is 29.3 Å². The zero-order valence-electron chi connectivity index (χ0n) is 20.2. The molecule has 3 aromatic rings. The number of hydrogen-bond donors (Lipinski definition) is 4. The van der Waals surface area contributed by atoms with E-state index in [1.807, 2.05) is 24.3 Å². The van der Waals surface area contributed by atoms with Gasteiger partial charge in [-0.1, -0.05) is 12.1 Å². The van der Waals surface area contributed by atoms with E-state index in [9.17, 15) is 19.8 Å². The predicted molar refractivity (Wildman–Crippen MR) is 138 cm³/mol. The second-order valence-electron chi connectivity index (χ2n) is 9.05. The summed E-state index contributed by atoms with van der Waals surface area (Å²) < 4.78 is 11.4. The normalized spacial score (nSPS) is 22.1. The van der Waals surface area contributed by atoms with Gasteiger partial charge in [-0.2, -0.15) is 0 Å². The molecule has 5 rings (SSSR count). The Kier molecular flexibility index (Phi) is 7.56. The Hall–Kier alpha value is -3.25. The van der Waals surface area contributed by atoms with Crippen LogP contribution in [0.3, 0.4) is 0 Å². The van der Waals surface area contributed by atoms with Crippen LogP contribution in [0.2, 0.25) is 0 Å². The van der Waals surface area contributed by atoms with Gasteiger partial charge in [0.05, 0.1) is 55.9 Å². The van der Waals surface area contributed by atoms with Crippen LogP contribution >= 0.6 is 11.8 Å². The summed E-state index contributed by atoms with van der Waals surface area (Å²) >= 11 is 1.01. The Balaban J connectivity index is 1.23. The number of aliphatic hydroxyl groups excluding tert-OH is 2. The van der Waals surface area contributed by atoms with Gasteiger partial charge >= 0.3 is 0 Å². The fourth-order valence-electron chi connectivity index (χ4n) is 4.73. The van der Waals surface area contributed by atoms with Crippen molar-refractivity contribution in [3.8, 4) is 5.75 Å². The number of anilines is 1. The monoisotopic (exact) mass is 524 g/mol. The second kappa shape index (κ2) is 11.0. The number of ether oxygens (including phenoxy) is 2. The summed E-state index contributed by atoms with van der Waals surface area (Å²) in [6.07, 6.45) is 1.40. The van der Waals surface area contributed by atoms with E-state index in [0.29, 0.717) is 30.0 Å². The van der Waals surface area contributed by atoms with Crippen molar-refractivity contribution in [2.75, 3.05) is 25.6 Å². The third-order valence-electron chi connectivity index (χ3n) is 6.65. The number of nitrogens with one attached hydrogen (secondary N) is 2. The molecule has 2 aromatic heterocycles. The molecule has 0 radical (unpaired) electrons. The van der Waals surface area contributed by atoms with Gasteiger partial charge in [-0.25, -0.2) is 4.98 Å². The summed E-state index contributed by atoms with van der Waals surface area (Å²) in [4.78, 5) is 33.3. The van der Waals surface area contributed by atoms with Crippen molar-refractivity contribution in [2.24, 2.45) is 0 Å². The largest absolute Gasteiger partial charge is 0.495 e. The molecule has 1 unspecified atom stereocenters. The molecule has 1 aromatic carbocycles. The van der Waals surface area contributed by atoms with Crippen LogP contribution in [0.4, 0.5) is 5.69 Å². The van der Waals surface area contributed by atoms with Crippen molar-refractivity contribution in [3.63, 3.8) is 0 Å². The molecule has 11 heteroatoms. The number of pyridine rings is 2. The Bertz CT molecular complexity index is 1320. The van der Waals surface area contributed by atoms with Gasteiger partial charge in [0.2, 0.25) is 5.12 Å². The van der Waals surface area contributed by atoms with Crippen molar-refractivity contribution >= 4 is 39.4 Å². The number of carbonyl (C=O) groups excluding carboxylic acids is 2. The Morgan fingerprint density at radius 3 is 3.00 bits per heavy atom. The number of rotatable bonds is 7. The lowest BCUT2D eigenvalue weighted by atomic mass is 9.92. The van der Waals surface area contributed by atoms with Crippen LogP contribution in [0, 0.1) is 0 Å². The van der Waals surface area contributed by atoms with E-state index in [4.69, 9.17) is 9.47 Å². The fourth-order valence-corrected chi connectivity index (χ4v) is 5.49. The lowest BCUT2D eigenvalue weighted by Crippen LogP contribution is -2.51. The molecule has 4 heterocycles. The lowest BCUT2D eigenvalue weighted by molar-refractivity contribution is -0.109. The molecule has 4 N–H and O–H groups in total. The molecule has 1 saturated heterocycles. The number of nitrogens with zero attached hydrogens (tertiary/aromatic N) is 2. The van der Waals surface area contributed by atoms with Crippen molar-refractivity contribution in [1.82, 2.24) is 15.3 Å². The Morgan fingerprint density at radius 2 is 2.19 bits per heavy atom. The number of carbonyl (C=O) groups is 2. The maximum absolute atomic E-state index is 12.9. The standard InChI is InChI=1S/C26H28N4O6S/c1-35-15-9-17-16(3-2-4-18(17)27-11-15)22(32)10-14-5-6-19(23(13-31)36-14)29-25(34)20-7-8-21-26(30-20)37-24(33)12-28-21/h2-4,7-9,11,14,19,22-23,28,31-32H,5-6,10,12-13H2,1H3,(H,29,34)/t14-,19+,22?,23+/m0/s1. The molecular formula is C26H28N4O6S. The smallest absolute Gasteiger partial charge is 0.270 e. The maximum Gasteiger partial charge on any atom is 0.270 e. The molecule has 0 aliphatic carbocycles. The van der Waals surface area contributed by atoms with Gasteiger partial charge in [-0.05, 0) is 54.4 Å². The molecule has 0 saturated carbocycles. The lowest BCUT2D eigenvalue weighted by Gasteiger charge is -2.37. The van der Waals surface area contributed by atoms with Crippen LogP contribution in [0.25, 0.3) is 10.9 Å². The number of aromatic nitrogens is 2. The Labute approximate surface area is 217 Å². The van der Waals surface area contributed by atoms with E-state index in [0.717, 1.165) is 33.9 Å². The van der Waals surface area contributed by atoms with E-state index in [-0.39, 0.29) is 30.1 Å². The number of aliphatic hydroxyl groups is 2. The minimum absolute atomic E-state index is 0.0642. The number of hydrogen-bond acceptors (Lipinski definition) is 10.